The first-order valence-electron chi connectivity index (χ1n) is 8.50. The minimum Gasteiger partial charge on any atom is -0.465 e. The summed E-state index contributed by atoms with van der Waals surface area (Å²) in [6, 6.07) is 12.9. The van der Waals surface area contributed by atoms with E-state index in [9.17, 15) is 4.79 Å². The molecule has 144 valence electrons. The number of imidazole rings is 1. The molecule has 0 fully saturated rings. The van der Waals surface area contributed by atoms with Crippen molar-refractivity contribution < 1.29 is 9.53 Å². The number of rotatable bonds is 5. The fourth-order valence-corrected chi connectivity index (χ4v) is 2.99. The zero-order chi connectivity index (χ0) is 20.1. The maximum atomic E-state index is 11.7. The summed E-state index contributed by atoms with van der Waals surface area (Å²) in [6.45, 7) is 2.50. The van der Waals surface area contributed by atoms with Gasteiger partial charge in [0.1, 0.15) is 5.82 Å². The molecule has 28 heavy (non-hydrogen) atoms. The molecule has 2 N–H and O–H groups in total. The number of nitrogens with one attached hydrogen (secondary N) is 2. The molecule has 0 aliphatic carbocycles. The molecule has 0 atom stereocenters. The van der Waals surface area contributed by atoms with Crippen LogP contribution in [-0.2, 0) is 11.3 Å². The second-order valence-corrected chi connectivity index (χ2v) is 6.82. The Bertz CT molecular complexity index is 1000. The largest absolute Gasteiger partial charge is 0.465 e. The van der Waals surface area contributed by atoms with E-state index in [2.05, 4.69) is 15.6 Å². The summed E-state index contributed by atoms with van der Waals surface area (Å²) >= 11 is 11.5. The van der Waals surface area contributed by atoms with Crippen LogP contribution in [0.3, 0.4) is 0 Å². The lowest BCUT2D eigenvalue weighted by atomic mass is 10.2. The normalized spacial score (nSPS) is 10.4. The smallest absolute Gasteiger partial charge is 0.337 e. The molecule has 1 heterocycles. The van der Waals surface area contributed by atoms with Gasteiger partial charge < -0.3 is 19.9 Å². The van der Waals surface area contributed by atoms with Crippen molar-refractivity contribution in [3.63, 3.8) is 0 Å². The molecule has 0 radical (unpaired) electrons. The number of hydrogen-bond acceptors (Lipinski definition) is 4. The molecule has 8 heteroatoms. The van der Waals surface area contributed by atoms with E-state index in [1.54, 1.807) is 24.4 Å². The van der Waals surface area contributed by atoms with Crippen molar-refractivity contribution in [1.82, 2.24) is 14.9 Å². The van der Waals surface area contributed by atoms with Gasteiger partial charge in [-0.15, -0.1) is 0 Å². The number of ether oxygens (including phenoxy) is 1. The van der Waals surface area contributed by atoms with Crippen molar-refractivity contribution in [3.05, 3.63) is 76.8 Å². The first-order chi connectivity index (χ1) is 13.5. The third kappa shape index (κ3) is 4.68. The van der Waals surface area contributed by atoms with Crippen LogP contribution in [0.1, 0.15) is 21.7 Å². The van der Waals surface area contributed by atoms with Crippen molar-refractivity contribution in [2.24, 2.45) is 0 Å². The average molecular weight is 415 g/mol. The molecule has 0 saturated carbocycles. The van der Waals surface area contributed by atoms with Gasteiger partial charge in [-0.3, -0.25) is 0 Å². The minimum atomic E-state index is -0.438. The van der Waals surface area contributed by atoms with E-state index in [1.165, 1.54) is 7.11 Å². The topological polar surface area (TPSA) is 68.2 Å². The highest BCUT2D eigenvalue weighted by molar-refractivity contribution is 7.80. The summed E-state index contributed by atoms with van der Waals surface area (Å²) in [7, 11) is 1.33. The fourth-order valence-electron chi connectivity index (χ4n) is 2.64. The van der Waals surface area contributed by atoms with Gasteiger partial charge >= 0.3 is 5.97 Å². The van der Waals surface area contributed by atoms with Gasteiger partial charge in [0.15, 0.2) is 5.11 Å². The van der Waals surface area contributed by atoms with E-state index >= 15 is 0 Å². The number of aryl methyl sites for hydroxylation is 1. The molecule has 3 rings (SSSR count). The van der Waals surface area contributed by atoms with E-state index < -0.39 is 5.97 Å². The first kappa shape index (κ1) is 19.9. The third-order valence-corrected chi connectivity index (χ3v) is 4.70. The van der Waals surface area contributed by atoms with Gasteiger partial charge in [0.2, 0.25) is 0 Å². The lowest BCUT2D eigenvalue weighted by Gasteiger charge is -2.13. The highest BCUT2D eigenvalue weighted by atomic mass is 35.5. The van der Waals surface area contributed by atoms with Crippen molar-refractivity contribution >= 4 is 40.6 Å². The Morgan fingerprint density at radius 2 is 2.00 bits per heavy atom. The Labute approximate surface area is 173 Å². The van der Waals surface area contributed by atoms with Gasteiger partial charge in [-0.2, -0.15) is 0 Å². The number of esters is 1. The van der Waals surface area contributed by atoms with Gasteiger partial charge in [0, 0.05) is 24.6 Å². The number of hydrogen-bond donors (Lipinski definition) is 2. The van der Waals surface area contributed by atoms with Crippen LogP contribution in [0.25, 0.3) is 5.69 Å². The number of anilines is 1. The molecule has 1 aromatic heterocycles. The van der Waals surface area contributed by atoms with Crippen LogP contribution in [-0.4, -0.2) is 27.7 Å². The minimum absolute atomic E-state index is 0.391. The van der Waals surface area contributed by atoms with Crippen LogP contribution in [0.5, 0.6) is 0 Å². The number of benzene rings is 2. The second kappa shape index (κ2) is 8.86. The predicted molar refractivity (Wildman–Crippen MR) is 114 cm³/mol. The Balaban J connectivity index is 1.60. The SMILES string of the molecule is COC(=O)c1ccc(Cl)c(NC(=S)NCc2ccc(-n3ccnc3C)cc2)c1. The molecule has 6 nitrogen and oxygen atoms in total. The molecule has 0 bridgehead atoms. The molecule has 0 aliphatic rings. The van der Waals surface area contributed by atoms with Crippen LogP contribution in [0.15, 0.2) is 54.9 Å². The summed E-state index contributed by atoms with van der Waals surface area (Å²) in [6.07, 6.45) is 3.70. The van der Waals surface area contributed by atoms with Gasteiger partial charge in [-0.05, 0) is 55.0 Å². The van der Waals surface area contributed by atoms with E-state index in [4.69, 9.17) is 28.6 Å². The number of methoxy groups -OCH3 is 1. The number of thiocarbonyl (C=S) groups is 1. The molecular weight excluding hydrogens is 396 g/mol. The van der Waals surface area contributed by atoms with Gasteiger partial charge in [-0.1, -0.05) is 23.7 Å². The van der Waals surface area contributed by atoms with Crippen molar-refractivity contribution in [1.29, 1.82) is 0 Å². The molecule has 0 saturated heterocycles. The van der Waals surface area contributed by atoms with Crippen LogP contribution < -0.4 is 10.6 Å². The van der Waals surface area contributed by atoms with E-state index in [0.717, 1.165) is 17.1 Å². The Morgan fingerprint density at radius 3 is 2.64 bits per heavy atom. The molecule has 0 spiro atoms. The van der Waals surface area contributed by atoms with Crippen LogP contribution in [0.2, 0.25) is 5.02 Å². The van der Waals surface area contributed by atoms with E-state index in [1.807, 2.05) is 42.0 Å². The molecule has 2 aromatic carbocycles. The van der Waals surface area contributed by atoms with E-state index in [-0.39, 0.29) is 0 Å². The number of carbonyl (C=O) groups excluding carboxylic acids is 1. The summed E-state index contributed by atoms with van der Waals surface area (Å²) < 4.78 is 6.73. The number of aromatic nitrogens is 2. The maximum absolute atomic E-state index is 11.7. The fraction of sp³-hybridized carbons (Fsp3) is 0.150. The third-order valence-electron chi connectivity index (χ3n) is 4.13. The maximum Gasteiger partial charge on any atom is 0.337 e. The zero-order valence-corrected chi connectivity index (χ0v) is 17.0. The summed E-state index contributed by atoms with van der Waals surface area (Å²) in [4.78, 5) is 15.9. The lowest BCUT2D eigenvalue weighted by molar-refractivity contribution is 0.0601. The van der Waals surface area contributed by atoms with Gasteiger partial charge in [0.25, 0.3) is 0 Å². The molecule has 3 aromatic rings. The quantitative estimate of drug-likeness (QED) is 0.483. The average Bonchev–Trinajstić information content (AvgIpc) is 3.13. The Morgan fingerprint density at radius 1 is 1.25 bits per heavy atom. The Hall–Kier alpha value is -2.90. The van der Waals surface area contributed by atoms with Crippen molar-refractivity contribution in [2.75, 3.05) is 12.4 Å². The first-order valence-corrected chi connectivity index (χ1v) is 9.28. The monoisotopic (exact) mass is 414 g/mol. The van der Waals surface area contributed by atoms with Gasteiger partial charge in [0.05, 0.1) is 23.4 Å². The standard InChI is InChI=1S/C20H19ClN4O2S/c1-13-22-9-10-25(13)16-6-3-14(4-7-16)12-23-20(28)24-18-11-15(19(26)27-2)5-8-17(18)21/h3-11H,12H2,1-2H3,(H2,23,24,28). The van der Waals surface area contributed by atoms with Crippen molar-refractivity contribution in [2.45, 2.75) is 13.5 Å². The summed E-state index contributed by atoms with van der Waals surface area (Å²) in [5.41, 5.74) is 3.04. The highest BCUT2D eigenvalue weighted by Gasteiger charge is 2.10. The summed E-state index contributed by atoms with van der Waals surface area (Å²) in [5, 5.41) is 7.00. The van der Waals surface area contributed by atoms with E-state index in [0.29, 0.717) is 27.9 Å². The lowest BCUT2D eigenvalue weighted by Crippen LogP contribution is -2.28. The molecule has 0 unspecified atom stereocenters. The molecule has 0 aliphatic heterocycles. The van der Waals surface area contributed by atoms with Crippen molar-refractivity contribution in [3.8, 4) is 5.69 Å². The highest BCUT2D eigenvalue weighted by Crippen LogP contribution is 2.23. The van der Waals surface area contributed by atoms with Gasteiger partial charge in [-0.25, -0.2) is 9.78 Å². The number of carbonyl (C=O) groups is 1. The zero-order valence-electron chi connectivity index (χ0n) is 15.4. The Kier molecular flexibility index (Phi) is 6.28. The predicted octanol–water partition coefficient (Wildman–Crippen LogP) is 4.11. The molecular formula is C20H19ClN4O2S. The van der Waals surface area contributed by atoms with Crippen LogP contribution in [0.4, 0.5) is 5.69 Å². The summed E-state index contributed by atoms with van der Waals surface area (Å²) in [5.74, 6) is 0.495. The second-order valence-electron chi connectivity index (χ2n) is 6.00. The molecule has 0 amide bonds. The number of halogens is 1. The van der Waals surface area contributed by atoms with Crippen LogP contribution >= 0.6 is 23.8 Å². The number of nitrogens with zero attached hydrogens (tertiary/aromatic N) is 2. The van der Waals surface area contributed by atoms with Crippen LogP contribution in [0, 0.1) is 6.92 Å².